The van der Waals surface area contributed by atoms with Crippen LogP contribution in [0.3, 0.4) is 0 Å². The van der Waals surface area contributed by atoms with Crippen molar-refractivity contribution >= 4 is 11.6 Å². The predicted octanol–water partition coefficient (Wildman–Crippen LogP) is 2.97. The van der Waals surface area contributed by atoms with Crippen LogP contribution in [0.2, 0.25) is 5.02 Å². The number of rotatable bonds is 8. The second kappa shape index (κ2) is 8.90. The first-order chi connectivity index (χ1) is 11.6. The van der Waals surface area contributed by atoms with Crippen molar-refractivity contribution in [1.82, 2.24) is 4.90 Å². The lowest BCUT2D eigenvalue weighted by atomic mass is 9.78. The van der Waals surface area contributed by atoms with Gasteiger partial charge in [-0.15, -0.1) is 0 Å². The quantitative estimate of drug-likeness (QED) is 0.775. The molecule has 0 aliphatic carbocycles. The maximum Gasteiger partial charge on any atom is 0.141 e. The standard InChI is InChI=1S/C18H28ClNO4/c1-22-8-6-18(13-21)5-4-7-20(12-18)11-14-9-15(19)17(24-3)10-16(14)23-2/h9-10,21H,4-8,11-13H2,1-3H3. The minimum absolute atomic E-state index is 0.0856. The molecule has 1 atom stereocenters. The van der Waals surface area contributed by atoms with Crippen molar-refractivity contribution in [3.63, 3.8) is 0 Å². The van der Waals surface area contributed by atoms with Gasteiger partial charge in [0.05, 0.1) is 25.8 Å². The summed E-state index contributed by atoms with van der Waals surface area (Å²) >= 11 is 6.27. The third-order valence-corrected chi connectivity index (χ3v) is 5.16. The highest BCUT2D eigenvalue weighted by Gasteiger charge is 2.34. The Balaban J connectivity index is 2.14. The number of benzene rings is 1. The average molecular weight is 358 g/mol. The van der Waals surface area contributed by atoms with E-state index in [4.69, 9.17) is 25.8 Å². The summed E-state index contributed by atoms with van der Waals surface area (Å²) in [4.78, 5) is 2.36. The fourth-order valence-electron chi connectivity index (χ4n) is 3.46. The van der Waals surface area contributed by atoms with Crippen LogP contribution >= 0.6 is 11.6 Å². The number of hydrogen-bond donors (Lipinski definition) is 1. The molecule has 24 heavy (non-hydrogen) atoms. The summed E-state index contributed by atoms with van der Waals surface area (Å²) in [7, 11) is 4.95. The third kappa shape index (κ3) is 4.54. The van der Waals surface area contributed by atoms with Crippen LogP contribution in [-0.4, -0.2) is 57.6 Å². The first-order valence-corrected chi connectivity index (χ1v) is 8.68. The molecular weight excluding hydrogens is 330 g/mol. The Morgan fingerprint density at radius 2 is 1.96 bits per heavy atom. The molecule has 1 unspecified atom stereocenters. The molecule has 1 aliphatic rings. The van der Waals surface area contributed by atoms with Crippen molar-refractivity contribution in [3.05, 3.63) is 22.7 Å². The molecule has 1 fully saturated rings. The van der Waals surface area contributed by atoms with E-state index in [1.54, 1.807) is 21.3 Å². The Hall–Kier alpha value is -1.01. The lowest BCUT2D eigenvalue weighted by Crippen LogP contribution is -2.45. The van der Waals surface area contributed by atoms with Crippen LogP contribution in [0, 0.1) is 5.41 Å². The summed E-state index contributed by atoms with van der Waals surface area (Å²) in [6.07, 6.45) is 2.97. The van der Waals surface area contributed by atoms with Crippen molar-refractivity contribution < 1.29 is 19.3 Å². The summed E-state index contributed by atoms with van der Waals surface area (Å²) in [5.74, 6) is 1.38. The summed E-state index contributed by atoms with van der Waals surface area (Å²) < 4.78 is 16.0. The van der Waals surface area contributed by atoms with E-state index in [-0.39, 0.29) is 12.0 Å². The van der Waals surface area contributed by atoms with Gasteiger partial charge in [0, 0.05) is 43.9 Å². The van der Waals surface area contributed by atoms with Crippen LogP contribution in [0.5, 0.6) is 11.5 Å². The fourth-order valence-corrected chi connectivity index (χ4v) is 3.73. The summed E-state index contributed by atoms with van der Waals surface area (Å²) in [5.41, 5.74) is 0.946. The molecular formula is C18H28ClNO4. The second-order valence-corrected chi connectivity index (χ2v) is 6.92. The molecule has 0 amide bonds. The Morgan fingerprint density at radius 3 is 2.58 bits per heavy atom. The molecule has 1 aliphatic heterocycles. The van der Waals surface area contributed by atoms with Gasteiger partial charge >= 0.3 is 0 Å². The van der Waals surface area contributed by atoms with E-state index in [0.717, 1.165) is 50.2 Å². The number of nitrogens with zero attached hydrogens (tertiary/aromatic N) is 1. The lowest BCUT2D eigenvalue weighted by molar-refractivity contribution is 0.00456. The van der Waals surface area contributed by atoms with Crippen molar-refractivity contribution in [3.8, 4) is 11.5 Å². The Bertz CT molecular complexity index is 540. The summed E-state index contributed by atoms with van der Waals surface area (Å²) in [5, 5.41) is 10.5. The molecule has 1 heterocycles. The molecule has 1 aromatic carbocycles. The van der Waals surface area contributed by atoms with E-state index in [1.165, 1.54) is 0 Å². The van der Waals surface area contributed by atoms with Crippen LogP contribution in [0.1, 0.15) is 24.8 Å². The first-order valence-electron chi connectivity index (χ1n) is 8.30. The molecule has 0 aromatic heterocycles. The maximum absolute atomic E-state index is 9.92. The van der Waals surface area contributed by atoms with E-state index in [2.05, 4.69) is 4.90 Å². The predicted molar refractivity (Wildman–Crippen MR) is 95.1 cm³/mol. The second-order valence-electron chi connectivity index (χ2n) is 6.51. The van der Waals surface area contributed by atoms with Crippen LogP contribution in [0.25, 0.3) is 0 Å². The van der Waals surface area contributed by atoms with Crippen molar-refractivity contribution in [2.24, 2.45) is 5.41 Å². The molecule has 1 saturated heterocycles. The molecule has 1 aromatic rings. The van der Waals surface area contributed by atoms with Gasteiger partial charge in [-0.3, -0.25) is 4.90 Å². The van der Waals surface area contributed by atoms with Crippen molar-refractivity contribution in [2.45, 2.75) is 25.8 Å². The van der Waals surface area contributed by atoms with Crippen molar-refractivity contribution in [1.29, 1.82) is 0 Å². The molecule has 136 valence electrons. The van der Waals surface area contributed by atoms with Crippen LogP contribution in [-0.2, 0) is 11.3 Å². The minimum Gasteiger partial charge on any atom is -0.496 e. The zero-order chi connectivity index (χ0) is 17.6. The average Bonchev–Trinajstić information content (AvgIpc) is 2.60. The maximum atomic E-state index is 9.92. The number of likely N-dealkylation sites (tertiary alicyclic amines) is 1. The van der Waals surface area contributed by atoms with Gasteiger partial charge in [-0.05, 0) is 31.9 Å². The Morgan fingerprint density at radius 1 is 1.21 bits per heavy atom. The van der Waals surface area contributed by atoms with E-state index in [9.17, 15) is 5.11 Å². The minimum atomic E-state index is -0.0856. The molecule has 1 N–H and O–H groups in total. The topological polar surface area (TPSA) is 51.2 Å². The molecule has 0 bridgehead atoms. The SMILES string of the molecule is COCCC1(CO)CCCN(Cc2cc(Cl)c(OC)cc2OC)C1. The first kappa shape index (κ1) is 19.3. The summed E-state index contributed by atoms with van der Waals surface area (Å²) in [6, 6.07) is 3.73. The lowest BCUT2D eigenvalue weighted by Gasteiger charge is -2.42. The van der Waals surface area contributed by atoms with E-state index in [1.807, 2.05) is 12.1 Å². The Labute approximate surface area is 149 Å². The van der Waals surface area contributed by atoms with Gasteiger partial charge in [0.2, 0.25) is 0 Å². The molecule has 0 saturated carbocycles. The van der Waals surface area contributed by atoms with E-state index in [0.29, 0.717) is 17.4 Å². The number of ether oxygens (including phenoxy) is 3. The van der Waals surface area contributed by atoms with Crippen LogP contribution < -0.4 is 9.47 Å². The number of piperidine rings is 1. The zero-order valence-corrected chi connectivity index (χ0v) is 15.6. The van der Waals surface area contributed by atoms with Gasteiger partial charge in [-0.2, -0.15) is 0 Å². The van der Waals surface area contributed by atoms with Gasteiger partial charge in [0.15, 0.2) is 0 Å². The molecule has 6 heteroatoms. The highest BCUT2D eigenvalue weighted by molar-refractivity contribution is 6.32. The molecule has 5 nitrogen and oxygen atoms in total. The van der Waals surface area contributed by atoms with Crippen LogP contribution in [0.4, 0.5) is 0 Å². The zero-order valence-electron chi connectivity index (χ0n) is 14.8. The number of hydrogen-bond acceptors (Lipinski definition) is 5. The normalized spacial score (nSPS) is 21.7. The van der Waals surface area contributed by atoms with Gasteiger partial charge in [-0.1, -0.05) is 11.6 Å². The van der Waals surface area contributed by atoms with Gasteiger partial charge < -0.3 is 19.3 Å². The van der Waals surface area contributed by atoms with Crippen molar-refractivity contribution in [2.75, 3.05) is 47.6 Å². The van der Waals surface area contributed by atoms with Gasteiger partial charge in [0.25, 0.3) is 0 Å². The monoisotopic (exact) mass is 357 g/mol. The fraction of sp³-hybridized carbons (Fsp3) is 0.667. The van der Waals surface area contributed by atoms with E-state index < -0.39 is 0 Å². The molecule has 0 spiro atoms. The number of aliphatic hydroxyl groups excluding tert-OH is 1. The highest BCUT2D eigenvalue weighted by Crippen LogP contribution is 2.37. The molecule has 2 rings (SSSR count). The largest absolute Gasteiger partial charge is 0.496 e. The number of aliphatic hydroxyl groups is 1. The van der Waals surface area contributed by atoms with Crippen LogP contribution in [0.15, 0.2) is 12.1 Å². The number of methoxy groups -OCH3 is 3. The summed E-state index contributed by atoms with van der Waals surface area (Å²) in [6.45, 7) is 3.45. The third-order valence-electron chi connectivity index (χ3n) is 4.86. The highest BCUT2D eigenvalue weighted by atomic mass is 35.5. The number of halogens is 1. The van der Waals surface area contributed by atoms with E-state index >= 15 is 0 Å². The Kier molecular flexibility index (Phi) is 7.16. The molecule has 0 radical (unpaired) electrons. The van der Waals surface area contributed by atoms with Gasteiger partial charge in [-0.25, -0.2) is 0 Å². The smallest absolute Gasteiger partial charge is 0.141 e. The van der Waals surface area contributed by atoms with Gasteiger partial charge in [0.1, 0.15) is 11.5 Å².